The number of benzene rings is 1. The second kappa shape index (κ2) is 7.22. The maximum atomic E-state index is 12.0. The third-order valence-corrected chi connectivity index (χ3v) is 3.73. The molecule has 0 spiro atoms. The Morgan fingerprint density at radius 3 is 2.33 bits per heavy atom. The largest absolute Gasteiger partial charge is 0.332 e. The third kappa shape index (κ3) is 4.56. The van der Waals surface area contributed by atoms with Gasteiger partial charge in [-0.05, 0) is 43.7 Å². The van der Waals surface area contributed by atoms with Crippen molar-refractivity contribution >= 4 is 22.0 Å². The highest BCUT2D eigenvalue weighted by Gasteiger charge is 2.13. The van der Waals surface area contributed by atoms with Crippen LogP contribution >= 0.6 is 15.9 Å². The molecule has 1 aromatic heterocycles. The van der Waals surface area contributed by atoms with Crippen LogP contribution in [0.4, 0.5) is 4.79 Å². The van der Waals surface area contributed by atoms with Crippen LogP contribution in [0.5, 0.6) is 0 Å². The number of nitrogens with zero attached hydrogens (tertiary/aromatic N) is 1. The number of amides is 2. The molecular formula is C16H18BrN3O. The first-order valence-corrected chi connectivity index (χ1v) is 7.59. The van der Waals surface area contributed by atoms with E-state index in [4.69, 9.17) is 0 Å². The summed E-state index contributed by atoms with van der Waals surface area (Å²) in [5.41, 5.74) is 1.89. The third-order valence-electron chi connectivity index (χ3n) is 3.20. The highest BCUT2D eigenvalue weighted by Crippen LogP contribution is 2.16. The SMILES string of the molecule is C[C@H](NC(=O)N[C@@H](C)c1ccccn1)c1ccc(Br)cc1. The number of carbonyl (C=O) groups is 1. The molecule has 2 amide bonds. The standard InChI is InChI=1S/C16H18BrN3O/c1-11(13-6-8-14(17)9-7-13)19-16(21)20-12(2)15-5-3-4-10-18-15/h3-12H,1-2H3,(H2,19,20,21)/t11-,12-/m0/s1. The molecule has 2 atom stereocenters. The van der Waals surface area contributed by atoms with Crippen molar-refractivity contribution in [3.8, 4) is 0 Å². The average Bonchev–Trinajstić information content (AvgIpc) is 2.48. The molecule has 2 N–H and O–H groups in total. The molecule has 2 rings (SSSR count). The van der Waals surface area contributed by atoms with Crippen molar-refractivity contribution in [2.75, 3.05) is 0 Å². The molecule has 5 heteroatoms. The minimum absolute atomic E-state index is 0.0611. The molecule has 0 fully saturated rings. The summed E-state index contributed by atoms with van der Waals surface area (Å²) in [6.07, 6.45) is 1.72. The molecule has 0 saturated carbocycles. The van der Waals surface area contributed by atoms with Crippen molar-refractivity contribution in [1.29, 1.82) is 0 Å². The van der Waals surface area contributed by atoms with Crippen LogP contribution in [0.25, 0.3) is 0 Å². The lowest BCUT2D eigenvalue weighted by atomic mass is 10.1. The topological polar surface area (TPSA) is 54.0 Å². The Balaban J connectivity index is 1.91. The molecule has 0 aliphatic carbocycles. The molecule has 0 radical (unpaired) electrons. The smallest absolute Gasteiger partial charge is 0.315 e. The van der Waals surface area contributed by atoms with Gasteiger partial charge in [0, 0.05) is 10.7 Å². The molecule has 2 aromatic rings. The predicted octanol–water partition coefficient (Wildman–Crippen LogP) is 3.97. The lowest BCUT2D eigenvalue weighted by Gasteiger charge is -2.18. The fraction of sp³-hybridized carbons (Fsp3) is 0.250. The molecule has 1 aromatic carbocycles. The molecular weight excluding hydrogens is 330 g/mol. The van der Waals surface area contributed by atoms with Crippen LogP contribution in [-0.4, -0.2) is 11.0 Å². The van der Waals surface area contributed by atoms with Gasteiger partial charge in [-0.2, -0.15) is 0 Å². The number of hydrogen-bond acceptors (Lipinski definition) is 2. The quantitative estimate of drug-likeness (QED) is 0.879. The van der Waals surface area contributed by atoms with Gasteiger partial charge in [0.15, 0.2) is 0 Å². The monoisotopic (exact) mass is 347 g/mol. The Bertz CT molecular complexity index is 586. The normalized spacial score (nSPS) is 13.3. The number of rotatable bonds is 4. The summed E-state index contributed by atoms with van der Waals surface area (Å²) in [6, 6.07) is 13.1. The van der Waals surface area contributed by atoms with E-state index in [2.05, 4.69) is 31.5 Å². The first kappa shape index (κ1) is 15.5. The minimum atomic E-state index is -0.205. The van der Waals surface area contributed by atoms with Crippen molar-refractivity contribution in [3.63, 3.8) is 0 Å². The molecule has 1 heterocycles. The van der Waals surface area contributed by atoms with Crippen LogP contribution in [0.3, 0.4) is 0 Å². The van der Waals surface area contributed by atoms with Gasteiger partial charge in [-0.1, -0.05) is 34.1 Å². The highest BCUT2D eigenvalue weighted by molar-refractivity contribution is 9.10. The summed E-state index contributed by atoms with van der Waals surface area (Å²) < 4.78 is 1.02. The van der Waals surface area contributed by atoms with E-state index in [1.54, 1.807) is 6.20 Å². The van der Waals surface area contributed by atoms with E-state index >= 15 is 0 Å². The Morgan fingerprint density at radius 1 is 1.05 bits per heavy atom. The Morgan fingerprint density at radius 2 is 1.71 bits per heavy atom. The lowest BCUT2D eigenvalue weighted by molar-refractivity contribution is 0.234. The Kier molecular flexibility index (Phi) is 5.33. The van der Waals surface area contributed by atoms with E-state index < -0.39 is 0 Å². The maximum Gasteiger partial charge on any atom is 0.315 e. The summed E-state index contributed by atoms with van der Waals surface area (Å²) in [7, 11) is 0. The summed E-state index contributed by atoms with van der Waals surface area (Å²) in [6.45, 7) is 3.86. The Labute approximate surface area is 133 Å². The molecule has 4 nitrogen and oxygen atoms in total. The summed E-state index contributed by atoms with van der Waals surface area (Å²) in [5.74, 6) is 0. The van der Waals surface area contributed by atoms with Crippen molar-refractivity contribution in [3.05, 3.63) is 64.4 Å². The number of nitrogens with one attached hydrogen (secondary N) is 2. The van der Waals surface area contributed by atoms with Crippen LogP contribution in [0, 0.1) is 0 Å². The van der Waals surface area contributed by atoms with Crippen LogP contribution in [0.15, 0.2) is 53.1 Å². The summed E-state index contributed by atoms with van der Waals surface area (Å²) in [4.78, 5) is 16.2. The zero-order chi connectivity index (χ0) is 15.2. The van der Waals surface area contributed by atoms with Gasteiger partial charge < -0.3 is 10.6 Å². The second-order valence-corrected chi connectivity index (χ2v) is 5.78. The molecule has 21 heavy (non-hydrogen) atoms. The number of pyridine rings is 1. The molecule has 0 bridgehead atoms. The average molecular weight is 348 g/mol. The zero-order valence-corrected chi connectivity index (χ0v) is 13.6. The lowest BCUT2D eigenvalue weighted by Crippen LogP contribution is -2.38. The van der Waals surface area contributed by atoms with Crippen LogP contribution < -0.4 is 10.6 Å². The molecule has 110 valence electrons. The van der Waals surface area contributed by atoms with Crippen LogP contribution in [0.2, 0.25) is 0 Å². The number of aromatic nitrogens is 1. The van der Waals surface area contributed by atoms with Gasteiger partial charge in [-0.25, -0.2) is 4.79 Å². The van der Waals surface area contributed by atoms with E-state index in [9.17, 15) is 4.79 Å². The van der Waals surface area contributed by atoms with Crippen molar-refractivity contribution in [2.45, 2.75) is 25.9 Å². The first-order valence-electron chi connectivity index (χ1n) is 6.79. The van der Waals surface area contributed by atoms with Crippen molar-refractivity contribution < 1.29 is 4.79 Å². The van der Waals surface area contributed by atoms with Crippen LogP contribution in [0.1, 0.15) is 37.2 Å². The number of carbonyl (C=O) groups excluding carboxylic acids is 1. The van der Waals surface area contributed by atoms with Gasteiger partial charge in [-0.3, -0.25) is 4.98 Å². The molecule has 0 aliphatic heterocycles. The van der Waals surface area contributed by atoms with Gasteiger partial charge in [0.25, 0.3) is 0 Å². The van der Waals surface area contributed by atoms with Gasteiger partial charge in [-0.15, -0.1) is 0 Å². The molecule has 0 unspecified atom stereocenters. The van der Waals surface area contributed by atoms with Crippen molar-refractivity contribution in [1.82, 2.24) is 15.6 Å². The number of urea groups is 1. The fourth-order valence-corrected chi connectivity index (χ4v) is 2.24. The number of halogens is 1. The van der Waals surface area contributed by atoms with E-state index in [1.165, 1.54) is 0 Å². The van der Waals surface area contributed by atoms with Crippen LogP contribution in [-0.2, 0) is 0 Å². The Hall–Kier alpha value is -1.88. The van der Waals surface area contributed by atoms with Gasteiger partial charge in [0.1, 0.15) is 0 Å². The summed E-state index contributed by atoms with van der Waals surface area (Å²) in [5, 5.41) is 5.81. The minimum Gasteiger partial charge on any atom is -0.332 e. The van der Waals surface area contributed by atoms with Gasteiger partial charge in [0.05, 0.1) is 17.8 Å². The van der Waals surface area contributed by atoms with E-state index in [-0.39, 0.29) is 18.1 Å². The molecule has 0 aliphatic rings. The van der Waals surface area contributed by atoms with E-state index in [0.717, 1.165) is 15.7 Å². The summed E-state index contributed by atoms with van der Waals surface area (Å²) >= 11 is 3.40. The van der Waals surface area contributed by atoms with Gasteiger partial charge >= 0.3 is 6.03 Å². The fourth-order valence-electron chi connectivity index (χ4n) is 1.98. The van der Waals surface area contributed by atoms with Crippen molar-refractivity contribution in [2.24, 2.45) is 0 Å². The number of hydrogen-bond donors (Lipinski definition) is 2. The van der Waals surface area contributed by atoms with E-state index in [1.807, 2.05) is 56.3 Å². The first-order chi connectivity index (χ1) is 10.1. The van der Waals surface area contributed by atoms with E-state index in [0.29, 0.717) is 0 Å². The predicted molar refractivity (Wildman–Crippen MR) is 86.9 cm³/mol. The zero-order valence-electron chi connectivity index (χ0n) is 12.0. The van der Waals surface area contributed by atoms with Gasteiger partial charge in [0.2, 0.25) is 0 Å². The highest BCUT2D eigenvalue weighted by atomic mass is 79.9. The second-order valence-electron chi connectivity index (χ2n) is 4.87. The maximum absolute atomic E-state index is 12.0. The molecule has 0 saturated heterocycles.